The molecule has 0 atom stereocenters. The summed E-state index contributed by atoms with van der Waals surface area (Å²) in [5.41, 5.74) is 1.29. The van der Waals surface area contributed by atoms with Gasteiger partial charge in [0.15, 0.2) is 10.1 Å². The topological polar surface area (TPSA) is 84.0 Å². The van der Waals surface area contributed by atoms with E-state index in [0.717, 1.165) is 9.47 Å². The van der Waals surface area contributed by atoms with Gasteiger partial charge < -0.3 is 10.6 Å². The molecule has 0 bridgehead atoms. The first-order chi connectivity index (χ1) is 10.9. The van der Waals surface area contributed by atoms with Crippen LogP contribution in [-0.2, 0) is 4.79 Å². The van der Waals surface area contributed by atoms with E-state index in [1.165, 1.54) is 30.0 Å². The van der Waals surface area contributed by atoms with E-state index in [4.69, 9.17) is 0 Å². The molecule has 8 heteroatoms. The standard InChI is InChI=1S/C15H18N4O2S2/c1-9(2)16-14-18-19-15(23-14)22-8-13(21)17-12-6-4-11(5-7-12)10(3)20/h4-7,9H,8H2,1-3H3,(H,16,18)(H,17,21). The number of aromatic nitrogens is 2. The van der Waals surface area contributed by atoms with Crippen molar-refractivity contribution in [1.29, 1.82) is 0 Å². The number of hydrogen-bond donors (Lipinski definition) is 2. The Morgan fingerprint density at radius 2 is 1.91 bits per heavy atom. The van der Waals surface area contributed by atoms with E-state index < -0.39 is 0 Å². The van der Waals surface area contributed by atoms with Crippen LogP contribution in [0.2, 0.25) is 0 Å². The fourth-order valence-corrected chi connectivity index (χ4v) is 3.38. The van der Waals surface area contributed by atoms with Crippen molar-refractivity contribution in [2.24, 2.45) is 0 Å². The number of Topliss-reactive ketones (excluding diaryl/α,β-unsaturated/α-hetero) is 1. The van der Waals surface area contributed by atoms with E-state index in [0.29, 0.717) is 17.3 Å². The zero-order valence-electron chi connectivity index (χ0n) is 13.1. The number of carbonyl (C=O) groups excluding carboxylic acids is 2. The molecule has 1 aromatic carbocycles. The highest BCUT2D eigenvalue weighted by Gasteiger charge is 2.09. The molecule has 0 unspecified atom stereocenters. The molecule has 6 nitrogen and oxygen atoms in total. The Labute approximate surface area is 143 Å². The number of nitrogens with one attached hydrogen (secondary N) is 2. The van der Waals surface area contributed by atoms with Gasteiger partial charge in [0.1, 0.15) is 0 Å². The summed E-state index contributed by atoms with van der Waals surface area (Å²) < 4.78 is 0.746. The van der Waals surface area contributed by atoms with Crippen LogP contribution < -0.4 is 10.6 Å². The first kappa shape index (κ1) is 17.4. The molecular weight excluding hydrogens is 332 g/mol. The average Bonchev–Trinajstić information content (AvgIpc) is 2.92. The number of amides is 1. The lowest BCUT2D eigenvalue weighted by Gasteiger charge is -2.05. The molecule has 0 spiro atoms. The summed E-state index contributed by atoms with van der Waals surface area (Å²) >= 11 is 2.77. The van der Waals surface area contributed by atoms with E-state index in [9.17, 15) is 9.59 Å². The molecule has 1 heterocycles. The molecule has 2 rings (SSSR count). The monoisotopic (exact) mass is 350 g/mol. The van der Waals surface area contributed by atoms with Gasteiger partial charge in [0, 0.05) is 17.3 Å². The highest BCUT2D eigenvalue weighted by Crippen LogP contribution is 2.25. The lowest BCUT2D eigenvalue weighted by Crippen LogP contribution is -2.14. The molecule has 2 N–H and O–H groups in total. The van der Waals surface area contributed by atoms with Crippen molar-refractivity contribution in [3.05, 3.63) is 29.8 Å². The van der Waals surface area contributed by atoms with Crippen LogP contribution in [0.15, 0.2) is 28.6 Å². The first-order valence-corrected chi connectivity index (χ1v) is 8.88. The molecule has 0 aliphatic heterocycles. The van der Waals surface area contributed by atoms with Crippen LogP contribution >= 0.6 is 23.1 Å². The molecule has 23 heavy (non-hydrogen) atoms. The minimum Gasteiger partial charge on any atom is -0.358 e. The maximum absolute atomic E-state index is 11.9. The number of benzene rings is 1. The van der Waals surface area contributed by atoms with Crippen LogP contribution in [0.4, 0.5) is 10.8 Å². The van der Waals surface area contributed by atoms with E-state index in [1.807, 2.05) is 13.8 Å². The number of thioether (sulfide) groups is 1. The molecule has 2 aromatic rings. The van der Waals surface area contributed by atoms with Crippen molar-refractivity contribution in [2.75, 3.05) is 16.4 Å². The van der Waals surface area contributed by atoms with Gasteiger partial charge in [-0.3, -0.25) is 9.59 Å². The Morgan fingerprint density at radius 1 is 1.22 bits per heavy atom. The summed E-state index contributed by atoms with van der Waals surface area (Å²) in [5.74, 6) is 0.129. The predicted molar refractivity (Wildman–Crippen MR) is 94.5 cm³/mol. The third-order valence-corrected chi connectivity index (χ3v) is 4.71. The molecule has 1 aromatic heterocycles. The molecule has 0 radical (unpaired) electrons. The predicted octanol–water partition coefficient (Wildman–Crippen LogP) is 3.29. The van der Waals surface area contributed by atoms with Gasteiger partial charge in [-0.15, -0.1) is 10.2 Å². The number of rotatable bonds is 7. The summed E-state index contributed by atoms with van der Waals surface area (Å²) in [4.78, 5) is 23.1. The van der Waals surface area contributed by atoms with Gasteiger partial charge in [-0.05, 0) is 45.0 Å². The normalized spacial score (nSPS) is 10.6. The van der Waals surface area contributed by atoms with Crippen LogP contribution in [0.25, 0.3) is 0 Å². The Morgan fingerprint density at radius 3 is 2.52 bits per heavy atom. The summed E-state index contributed by atoms with van der Waals surface area (Å²) in [6.07, 6.45) is 0. The van der Waals surface area contributed by atoms with Gasteiger partial charge in [-0.1, -0.05) is 23.1 Å². The average molecular weight is 350 g/mol. The zero-order chi connectivity index (χ0) is 16.8. The molecule has 0 saturated heterocycles. The molecular formula is C15H18N4O2S2. The summed E-state index contributed by atoms with van der Waals surface area (Å²) in [6, 6.07) is 7.12. The summed E-state index contributed by atoms with van der Waals surface area (Å²) in [6.45, 7) is 5.56. The van der Waals surface area contributed by atoms with E-state index in [2.05, 4.69) is 20.8 Å². The maximum atomic E-state index is 11.9. The van der Waals surface area contributed by atoms with Crippen LogP contribution in [0.5, 0.6) is 0 Å². The highest BCUT2D eigenvalue weighted by molar-refractivity contribution is 8.01. The van der Waals surface area contributed by atoms with Gasteiger partial charge in [-0.2, -0.15) is 0 Å². The first-order valence-electron chi connectivity index (χ1n) is 7.07. The Balaban J connectivity index is 1.82. The van der Waals surface area contributed by atoms with Gasteiger partial charge in [-0.25, -0.2) is 0 Å². The smallest absolute Gasteiger partial charge is 0.234 e. The maximum Gasteiger partial charge on any atom is 0.234 e. The molecule has 0 saturated carbocycles. The number of ketones is 1. The largest absolute Gasteiger partial charge is 0.358 e. The number of hydrogen-bond acceptors (Lipinski definition) is 7. The number of anilines is 2. The Hall–Kier alpha value is -1.93. The van der Waals surface area contributed by atoms with E-state index in [1.54, 1.807) is 24.3 Å². The van der Waals surface area contributed by atoms with Crippen LogP contribution in [0.1, 0.15) is 31.1 Å². The van der Waals surface area contributed by atoms with Gasteiger partial charge >= 0.3 is 0 Å². The molecule has 0 aliphatic rings. The molecule has 122 valence electrons. The van der Waals surface area contributed by atoms with Gasteiger partial charge in [0.2, 0.25) is 11.0 Å². The van der Waals surface area contributed by atoms with Gasteiger partial charge in [0.05, 0.1) is 5.75 Å². The van der Waals surface area contributed by atoms with Crippen LogP contribution in [-0.4, -0.2) is 33.7 Å². The second kappa shape index (κ2) is 8.07. The zero-order valence-corrected chi connectivity index (χ0v) is 14.8. The Bertz CT molecular complexity index is 683. The summed E-state index contributed by atoms with van der Waals surface area (Å²) in [7, 11) is 0. The fraction of sp³-hybridized carbons (Fsp3) is 0.333. The SMILES string of the molecule is CC(=O)c1ccc(NC(=O)CSc2nnc(NC(C)C)s2)cc1. The highest BCUT2D eigenvalue weighted by atomic mass is 32.2. The molecule has 1 amide bonds. The lowest BCUT2D eigenvalue weighted by molar-refractivity contribution is -0.113. The van der Waals surface area contributed by atoms with Crippen molar-refractivity contribution >= 4 is 45.6 Å². The van der Waals surface area contributed by atoms with Crippen molar-refractivity contribution in [3.63, 3.8) is 0 Å². The van der Waals surface area contributed by atoms with E-state index in [-0.39, 0.29) is 17.4 Å². The molecule has 0 fully saturated rings. The van der Waals surface area contributed by atoms with Crippen LogP contribution in [0, 0.1) is 0 Å². The molecule has 0 aliphatic carbocycles. The quantitative estimate of drug-likeness (QED) is 0.589. The lowest BCUT2D eigenvalue weighted by atomic mass is 10.1. The van der Waals surface area contributed by atoms with Gasteiger partial charge in [0.25, 0.3) is 0 Å². The minimum absolute atomic E-state index is 0.000475. The second-order valence-corrected chi connectivity index (χ2v) is 7.34. The second-order valence-electron chi connectivity index (χ2n) is 5.14. The fourth-order valence-electron chi connectivity index (χ4n) is 1.69. The summed E-state index contributed by atoms with van der Waals surface area (Å²) in [5, 5.41) is 14.8. The van der Waals surface area contributed by atoms with Crippen molar-refractivity contribution in [1.82, 2.24) is 10.2 Å². The number of carbonyl (C=O) groups is 2. The third kappa shape index (κ3) is 5.65. The van der Waals surface area contributed by atoms with Crippen molar-refractivity contribution in [2.45, 2.75) is 31.2 Å². The van der Waals surface area contributed by atoms with E-state index >= 15 is 0 Å². The Kier molecular flexibility index (Phi) is 6.12. The van der Waals surface area contributed by atoms with Crippen molar-refractivity contribution < 1.29 is 9.59 Å². The minimum atomic E-state index is -0.126. The number of nitrogens with zero attached hydrogens (tertiary/aromatic N) is 2. The van der Waals surface area contributed by atoms with Crippen molar-refractivity contribution in [3.8, 4) is 0 Å². The third-order valence-electron chi connectivity index (χ3n) is 2.72. The van der Waals surface area contributed by atoms with Crippen LogP contribution in [0.3, 0.4) is 0 Å².